The monoisotopic (exact) mass is 563 g/mol. The van der Waals surface area contributed by atoms with Gasteiger partial charge in [-0.1, -0.05) is 32.0 Å². The van der Waals surface area contributed by atoms with Crippen LogP contribution >= 0.6 is 11.3 Å². The highest BCUT2D eigenvalue weighted by atomic mass is 32.2. The van der Waals surface area contributed by atoms with Gasteiger partial charge in [-0.2, -0.15) is 0 Å². The molecule has 37 heavy (non-hydrogen) atoms. The molecular weight excluding hydrogens is 534 g/mol. The number of nitrogens with zero attached hydrogens (tertiary/aromatic N) is 3. The first kappa shape index (κ1) is 27.1. The van der Waals surface area contributed by atoms with Gasteiger partial charge in [-0.3, -0.25) is 4.79 Å². The van der Waals surface area contributed by atoms with Crippen molar-refractivity contribution in [2.24, 2.45) is 5.92 Å². The summed E-state index contributed by atoms with van der Waals surface area (Å²) < 4.78 is 55.8. The lowest BCUT2D eigenvalue weighted by Gasteiger charge is -2.34. The normalized spacial score (nSPS) is 14.7. The number of rotatable bonds is 8. The summed E-state index contributed by atoms with van der Waals surface area (Å²) in [4.78, 5) is 21.6. The topological polar surface area (TPSA) is 114 Å². The average molecular weight is 564 g/mol. The number of aromatic nitrogens is 1. The number of benzene rings is 2. The molecule has 1 amide bonds. The van der Waals surface area contributed by atoms with Crippen LogP contribution in [0, 0.1) is 5.92 Å². The van der Waals surface area contributed by atoms with Gasteiger partial charge in [0.1, 0.15) is 5.75 Å². The minimum absolute atomic E-state index is 0.00161. The van der Waals surface area contributed by atoms with E-state index in [1.165, 1.54) is 47.0 Å². The Morgan fingerprint density at radius 3 is 2.30 bits per heavy atom. The fraction of sp³-hybridized carbons (Fsp3) is 0.360. The number of carbonyl (C=O) groups is 1. The molecule has 0 saturated carbocycles. The average Bonchev–Trinajstić information content (AvgIpc) is 3.38. The summed E-state index contributed by atoms with van der Waals surface area (Å²) in [5.74, 6) is 0.273. The number of amides is 1. The van der Waals surface area contributed by atoms with Crippen molar-refractivity contribution in [2.45, 2.75) is 28.7 Å². The lowest BCUT2D eigenvalue weighted by Crippen LogP contribution is -2.48. The van der Waals surface area contributed by atoms with Crippen LogP contribution in [0.1, 0.15) is 24.2 Å². The maximum atomic E-state index is 13.4. The van der Waals surface area contributed by atoms with Crippen molar-refractivity contribution in [3.63, 3.8) is 0 Å². The number of sulfone groups is 2. The van der Waals surface area contributed by atoms with Crippen molar-refractivity contribution in [1.29, 1.82) is 0 Å². The molecule has 0 aliphatic carbocycles. The molecule has 2 aromatic carbocycles. The predicted octanol–water partition coefficient (Wildman–Crippen LogP) is 3.38. The highest BCUT2D eigenvalue weighted by Crippen LogP contribution is 2.29. The van der Waals surface area contributed by atoms with Crippen molar-refractivity contribution in [2.75, 3.05) is 43.9 Å². The summed E-state index contributed by atoms with van der Waals surface area (Å²) in [6.07, 6.45) is 1.10. The number of piperazine rings is 1. The molecule has 0 N–H and O–H groups in total. The molecule has 4 rings (SSSR count). The maximum absolute atomic E-state index is 13.4. The zero-order valence-corrected chi connectivity index (χ0v) is 23.3. The molecule has 1 aromatic heterocycles. The molecule has 198 valence electrons. The van der Waals surface area contributed by atoms with Crippen LogP contribution in [0.15, 0.2) is 68.7 Å². The number of hydrogen-bond acceptors (Lipinski definition) is 9. The van der Waals surface area contributed by atoms with Gasteiger partial charge in [-0.15, -0.1) is 11.3 Å². The molecule has 0 bridgehead atoms. The number of ether oxygens (including phenoxy) is 1. The standard InChI is InChI=1S/C25H29N3O6S3/c1-18(2)16-34-22-10-9-20(36(3,30)31)15-21(22)24(29)27-11-13-28(14-12-27)25-26-23(17-35-25)37(32,33)19-7-5-4-6-8-19/h4-10,15,17-18H,11-14,16H2,1-3H3. The van der Waals surface area contributed by atoms with Crippen molar-refractivity contribution < 1.29 is 26.4 Å². The van der Waals surface area contributed by atoms with Crippen LogP contribution < -0.4 is 9.64 Å². The minimum atomic E-state index is -3.70. The first-order valence-electron chi connectivity index (χ1n) is 11.7. The molecular formula is C25H29N3O6S3. The molecule has 9 nitrogen and oxygen atoms in total. The van der Waals surface area contributed by atoms with Crippen LogP contribution in [0.5, 0.6) is 5.75 Å². The third-order valence-corrected chi connectivity index (χ3v) is 9.63. The Bertz CT molecular complexity index is 1480. The summed E-state index contributed by atoms with van der Waals surface area (Å²) in [6, 6.07) is 12.5. The fourth-order valence-electron chi connectivity index (χ4n) is 3.80. The van der Waals surface area contributed by atoms with E-state index in [-0.39, 0.29) is 32.2 Å². The molecule has 0 radical (unpaired) electrons. The Balaban J connectivity index is 1.49. The third-order valence-electron chi connectivity index (χ3n) is 5.82. The summed E-state index contributed by atoms with van der Waals surface area (Å²) in [7, 11) is -7.21. The van der Waals surface area contributed by atoms with E-state index in [4.69, 9.17) is 4.74 Å². The smallest absolute Gasteiger partial charge is 0.257 e. The van der Waals surface area contributed by atoms with Crippen LogP contribution in [0.2, 0.25) is 0 Å². The van der Waals surface area contributed by atoms with E-state index in [2.05, 4.69) is 4.98 Å². The van der Waals surface area contributed by atoms with Crippen molar-refractivity contribution >= 4 is 42.1 Å². The fourth-order valence-corrected chi connectivity index (χ4v) is 6.86. The van der Waals surface area contributed by atoms with Crippen LogP contribution in [0.25, 0.3) is 0 Å². The molecule has 2 heterocycles. The third kappa shape index (κ3) is 6.13. The van der Waals surface area contributed by atoms with Gasteiger partial charge < -0.3 is 14.5 Å². The molecule has 1 aliphatic heterocycles. The summed E-state index contributed by atoms with van der Waals surface area (Å²) >= 11 is 1.25. The Labute approximate surface area is 221 Å². The molecule has 0 atom stereocenters. The zero-order chi connectivity index (χ0) is 26.8. The van der Waals surface area contributed by atoms with E-state index in [1.807, 2.05) is 18.7 Å². The first-order chi connectivity index (χ1) is 17.5. The second-order valence-corrected chi connectivity index (χ2v) is 13.9. The second-order valence-electron chi connectivity index (χ2n) is 9.20. The molecule has 12 heteroatoms. The van der Waals surface area contributed by atoms with Gasteiger partial charge in [-0.05, 0) is 36.2 Å². The van der Waals surface area contributed by atoms with Crippen LogP contribution in [0.3, 0.4) is 0 Å². The summed E-state index contributed by atoms with van der Waals surface area (Å²) in [6.45, 7) is 6.01. The Morgan fingerprint density at radius 2 is 1.68 bits per heavy atom. The van der Waals surface area contributed by atoms with E-state index in [9.17, 15) is 21.6 Å². The summed E-state index contributed by atoms with van der Waals surface area (Å²) in [5, 5.41) is 2.10. The summed E-state index contributed by atoms with van der Waals surface area (Å²) in [5.41, 5.74) is 0.211. The van der Waals surface area contributed by atoms with Gasteiger partial charge in [0.15, 0.2) is 20.0 Å². The van der Waals surface area contributed by atoms with E-state index in [0.717, 1.165) is 6.26 Å². The minimum Gasteiger partial charge on any atom is -0.492 e. The molecule has 3 aromatic rings. The van der Waals surface area contributed by atoms with Crippen molar-refractivity contribution in [1.82, 2.24) is 9.88 Å². The highest BCUT2D eigenvalue weighted by Gasteiger charge is 2.28. The van der Waals surface area contributed by atoms with Gasteiger partial charge in [0, 0.05) is 37.8 Å². The van der Waals surface area contributed by atoms with Gasteiger partial charge in [0.05, 0.1) is 22.0 Å². The molecule has 0 spiro atoms. The zero-order valence-electron chi connectivity index (χ0n) is 20.8. The highest BCUT2D eigenvalue weighted by molar-refractivity contribution is 7.91. The number of hydrogen-bond donors (Lipinski definition) is 0. The van der Waals surface area contributed by atoms with Crippen LogP contribution in [-0.4, -0.2) is 71.7 Å². The Kier molecular flexibility index (Phi) is 7.91. The predicted molar refractivity (Wildman–Crippen MR) is 142 cm³/mol. The van der Waals surface area contributed by atoms with Crippen molar-refractivity contribution in [3.05, 3.63) is 59.5 Å². The first-order valence-corrected chi connectivity index (χ1v) is 16.0. The van der Waals surface area contributed by atoms with E-state index < -0.39 is 19.7 Å². The lowest BCUT2D eigenvalue weighted by atomic mass is 10.1. The number of carbonyl (C=O) groups excluding carboxylic acids is 1. The maximum Gasteiger partial charge on any atom is 0.257 e. The largest absolute Gasteiger partial charge is 0.492 e. The SMILES string of the molecule is CC(C)COc1ccc(S(C)(=O)=O)cc1C(=O)N1CCN(c2nc(S(=O)(=O)c3ccccc3)cs2)CC1. The second kappa shape index (κ2) is 10.8. The van der Waals surface area contributed by atoms with Crippen LogP contribution in [0.4, 0.5) is 5.13 Å². The number of thiazole rings is 1. The Morgan fingerprint density at radius 1 is 1.00 bits per heavy atom. The molecule has 1 saturated heterocycles. The van der Waals surface area contributed by atoms with Gasteiger partial charge >= 0.3 is 0 Å². The van der Waals surface area contributed by atoms with E-state index >= 15 is 0 Å². The number of anilines is 1. The quantitative estimate of drug-likeness (QED) is 0.410. The van der Waals surface area contributed by atoms with Crippen molar-refractivity contribution in [3.8, 4) is 5.75 Å². The van der Waals surface area contributed by atoms with E-state index in [1.54, 1.807) is 23.1 Å². The Hall–Kier alpha value is -2.96. The molecule has 0 unspecified atom stereocenters. The lowest BCUT2D eigenvalue weighted by molar-refractivity contribution is 0.0741. The van der Waals surface area contributed by atoms with Crippen LogP contribution in [-0.2, 0) is 19.7 Å². The van der Waals surface area contributed by atoms with E-state index in [0.29, 0.717) is 43.7 Å². The molecule has 1 fully saturated rings. The molecule has 1 aliphatic rings. The van der Waals surface area contributed by atoms with Gasteiger partial charge in [0.25, 0.3) is 5.91 Å². The van der Waals surface area contributed by atoms with Gasteiger partial charge in [-0.25, -0.2) is 21.8 Å². The van der Waals surface area contributed by atoms with Gasteiger partial charge in [0.2, 0.25) is 9.84 Å².